The van der Waals surface area contributed by atoms with E-state index in [1.807, 2.05) is 26.0 Å². The van der Waals surface area contributed by atoms with Gasteiger partial charge in [-0.25, -0.2) is 4.79 Å². The third kappa shape index (κ3) is 4.22. The van der Waals surface area contributed by atoms with Gasteiger partial charge in [0.25, 0.3) is 16.8 Å². The van der Waals surface area contributed by atoms with Crippen molar-refractivity contribution in [1.82, 2.24) is 4.90 Å². The summed E-state index contributed by atoms with van der Waals surface area (Å²) in [5, 5.41) is 16.9. The summed E-state index contributed by atoms with van der Waals surface area (Å²) < 4.78 is 16.0. The van der Waals surface area contributed by atoms with Gasteiger partial charge in [0.1, 0.15) is 28.9 Å². The second kappa shape index (κ2) is 9.64. The zero-order chi connectivity index (χ0) is 27.2. The van der Waals surface area contributed by atoms with Gasteiger partial charge in [-0.3, -0.25) is 14.4 Å². The summed E-state index contributed by atoms with van der Waals surface area (Å²) >= 11 is 0. The van der Waals surface area contributed by atoms with Crippen molar-refractivity contribution in [3.8, 4) is 5.75 Å². The molecule has 0 aliphatic carbocycles. The van der Waals surface area contributed by atoms with Crippen LogP contribution in [0.2, 0.25) is 0 Å². The number of anilines is 3. The highest BCUT2D eigenvalue weighted by atomic mass is 16.5. The maximum atomic E-state index is 13.2. The molecular formula is C27H29N3O8. The molecule has 3 heterocycles. The van der Waals surface area contributed by atoms with E-state index in [1.54, 1.807) is 0 Å². The van der Waals surface area contributed by atoms with Crippen molar-refractivity contribution in [2.45, 2.75) is 38.8 Å². The predicted molar refractivity (Wildman–Crippen MR) is 138 cm³/mol. The van der Waals surface area contributed by atoms with Crippen LogP contribution in [-0.2, 0) is 14.3 Å². The van der Waals surface area contributed by atoms with Crippen LogP contribution in [0.15, 0.2) is 44.3 Å². The highest BCUT2D eigenvalue weighted by Gasteiger charge is 2.45. The van der Waals surface area contributed by atoms with Gasteiger partial charge >= 0.3 is 5.97 Å². The smallest absolute Gasteiger partial charge is 0.328 e. The summed E-state index contributed by atoms with van der Waals surface area (Å²) in [4.78, 5) is 51.8. The van der Waals surface area contributed by atoms with Gasteiger partial charge in [0.15, 0.2) is 5.75 Å². The van der Waals surface area contributed by atoms with E-state index in [0.717, 1.165) is 0 Å². The van der Waals surface area contributed by atoms with Crippen LogP contribution in [0.1, 0.15) is 47.7 Å². The summed E-state index contributed by atoms with van der Waals surface area (Å²) in [5.74, 6) is -0.139. The quantitative estimate of drug-likeness (QED) is 0.229. The molecule has 0 radical (unpaired) electrons. The van der Waals surface area contributed by atoms with Crippen molar-refractivity contribution in [2.24, 2.45) is 5.41 Å². The number of carbonyl (C=O) groups is 2. The third-order valence-electron chi connectivity index (χ3n) is 7.32. The number of hydrogen-bond acceptors (Lipinski definition) is 10. The number of amides is 1. The van der Waals surface area contributed by atoms with Crippen LogP contribution in [0.5, 0.6) is 5.75 Å². The third-order valence-corrected chi connectivity index (χ3v) is 7.32. The van der Waals surface area contributed by atoms with Crippen molar-refractivity contribution in [3.63, 3.8) is 0 Å². The average molecular weight is 524 g/mol. The number of nitrogens with zero attached hydrogens (tertiary/aromatic N) is 1. The van der Waals surface area contributed by atoms with E-state index in [1.165, 1.54) is 30.2 Å². The first-order valence-electron chi connectivity index (χ1n) is 12.4. The summed E-state index contributed by atoms with van der Waals surface area (Å²) in [6, 6.07) is 6.92. The SMILES string of the molecule is COC(=O)C1CCCN1C(=O)c1cccc(Nc2c(N[C@@H](c3ccc(C)o3)C3(C)COC3)c(=O)c2=O)c1O. The Morgan fingerprint density at radius 3 is 2.53 bits per heavy atom. The molecule has 3 N–H and O–H groups in total. The average Bonchev–Trinajstić information content (AvgIpc) is 3.56. The van der Waals surface area contributed by atoms with Crippen molar-refractivity contribution >= 4 is 28.9 Å². The molecule has 3 aromatic rings. The second-order valence-corrected chi connectivity index (χ2v) is 10.1. The van der Waals surface area contributed by atoms with E-state index < -0.39 is 40.6 Å². The molecule has 2 fully saturated rings. The minimum Gasteiger partial charge on any atom is -0.505 e. The fourth-order valence-corrected chi connectivity index (χ4v) is 5.08. The highest BCUT2D eigenvalue weighted by Crippen LogP contribution is 2.43. The maximum Gasteiger partial charge on any atom is 0.328 e. The highest BCUT2D eigenvalue weighted by molar-refractivity contribution is 6.01. The van der Waals surface area contributed by atoms with E-state index in [4.69, 9.17) is 13.9 Å². The Kier molecular flexibility index (Phi) is 6.47. The molecule has 2 atom stereocenters. The molecule has 2 aromatic carbocycles. The molecule has 2 aliphatic heterocycles. The lowest BCUT2D eigenvalue weighted by molar-refractivity contribution is -0.145. The van der Waals surface area contributed by atoms with Crippen LogP contribution in [0.3, 0.4) is 0 Å². The van der Waals surface area contributed by atoms with E-state index in [9.17, 15) is 24.3 Å². The number of nitrogens with one attached hydrogen (secondary N) is 2. The van der Waals surface area contributed by atoms with Gasteiger partial charge in [-0.05, 0) is 44.0 Å². The van der Waals surface area contributed by atoms with Gasteiger partial charge in [0, 0.05) is 12.0 Å². The molecule has 0 saturated carbocycles. The summed E-state index contributed by atoms with van der Waals surface area (Å²) in [6.45, 7) is 5.04. The Bertz CT molecular complexity index is 1460. The zero-order valence-electron chi connectivity index (χ0n) is 21.3. The van der Waals surface area contributed by atoms with Gasteiger partial charge in [0.2, 0.25) is 0 Å². The zero-order valence-corrected chi connectivity index (χ0v) is 21.3. The topological polar surface area (TPSA) is 147 Å². The Morgan fingerprint density at radius 1 is 1.16 bits per heavy atom. The van der Waals surface area contributed by atoms with Crippen molar-refractivity contribution in [1.29, 1.82) is 0 Å². The lowest BCUT2D eigenvalue weighted by atomic mass is 9.79. The number of hydrogen-bond donors (Lipinski definition) is 3. The number of esters is 1. The largest absolute Gasteiger partial charge is 0.505 e. The number of furan rings is 1. The lowest BCUT2D eigenvalue weighted by Crippen LogP contribution is -2.49. The predicted octanol–water partition coefficient (Wildman–Crippen LogP) is 2.60. The molecule has 0 bridgehead atoms. The molecule has 2 aliphatic rings. The van der Waals surface area contributed by atoms with Gasteiger partial charge in [-0.15, -0.1) is 0 Å². The Labute approximate surface area is 218 Å². The van der Waals surface area contributed by atoms with Crippen molar-refractivity contribution < 1.29 is 28.6 Å². The molecule has 1 unspecified atom stereocenters. The van der Waals surface area contributed by atoms with E-state index in [2.05, 4.69) is 10.6 Å². The first-order valence-corrected chi connectivity index (χ1v) is 12.4. The number of ether oxygens (including phenoxy) is 2. The number of benzene rings is 1. The number of likely N-dealkylation sites (tertiary alicyclic amines) is 1. The van der Waals surface area contributed by atoms with E-state index in [-0.39, 0.29) is 28.0 Å². The maximum absolute atomic E-state index is 13.2. The molecular weight excluding hydrogens is 494 g/mol. The van der Waals surface area contributed by atoms with E-state index in [0.29, 0.717) is 44.1 Å². The molecule has 1 amide bonds. The fraction of sp³-hybridized carbons (Fsp3) is 0.407. The van der Waals surface area contributed by atoms with Crippen LogP contribution < -0.4 is 21.5 Å². The van der Waals surface area contributed by atoms with Gasteiger partial charge < -0.3 is 34.5 Å². The molecule has 11 heteroatoms. The van der Waals surface area contributed by atoms with Crippen molar-refractivity contribution in [2.75, 3.05) is 37.5 Å². The van der Waals surface area contributed by atoms with Crippen LogP contribution in [0.4, 0.5) is 17.1 Å². The minimum absolute atomic E-state index is 0.0272. The molecule has 0 spiro atoms. The number of para-hydroxylation sites is 1. The Morgan fingerprint density at radius 2 is 1.89 bits per heavy atom. The first-order chi connectivity index (χ1) is 18.1. The minimum atomic E-state index is -0.752. The van der Waals surface area contributed by atoms with E-state index >= 15 is 0 Å². The van der Waals surface area contributed by atoms with Gasteiger partial charge in [0.05, 0.1) is 37.6 Å². The normalized spacial score (nSPS) is 19.1. The second-order valence-electron chi connectivity index (χ2n) is 10.1. The molecule has 5 rings (SSSR count). The van der Waals surface area contributed by atoms with Crippen LogP contribution >= 0.6 is 0 Å². The number of phenolic OH excluding ortho intramolecular Hbond substituents is 1. The number of phenols is 1. The number of methoxy groups -OCH3 is 1. The summed E-state index contributed by atoms with van der Waals surface area (Å²) in [6.07, 6.45) is 1.10. The number of rotatable bonds is 8. The van der Waals surface area contributed by atoms with Gasteiger partial charge in [-0.1, -0.05) is 13.0 Å². The monoisotopic (exact) mass is 523 g/mol. The summed E-state index contributed by atoms with van der Waals surface area (Å²) in [5.41, 5.74) is -1.76. The Balaban J connectivity index is 1.42. The first kappa shape index (κ1) is 25.5. The van der Waals surface area contributed by atoms with Crippen LogP contribution in [0, 0.1) is 12.3 Å². The number of aromatic hydroxyl groups is 1. The number of carbonyl (C=O) groups excluding carboxylic acids is 2. The Hall–Kier alpha value is -4.12. The summed E-state index contributed by atoms with van der Waals surface area (Å²) in [7, 11) is 1.26. The molecule has 38 heavy (non-hydrogen) atoms. The fourth-order valence-electron chi connectivity index (χ4n) is 5.08. The molecule has 1 aromatic heterocycles. The molecule has 11 nitrogen and oxygen atoms in total. The van der Waals surface area contributed by atoms with Crippen LogP contribution in [-0.4, -0.2) is 54.8 Å². The number of aryl methyl sites for hydroxylation is 1. The molecule has 2 saturated heterocycles. The lowest BCUT2D eigenvalue weighted by Gasteiger charge is -2.44. The van der Waals surface area contributed by atoms with Crippen molar-refractivity contribution in [3.05, 3.63) is 67.9 Å². The molecule has 200 valence electrons. The standard InChI is InChI=1S/C27H29N3O8/c1-14-9-10-18(38-14)24(27(2)12-37-13-27)29-20-19(22(32)23(20)33)28-16-7-4-6-15(21(16)31)25(34)30-11-5-8-17(30)26(35)36-3/h4,6-7,9-10,17,24,28-29,31H,5,8,11-13H2,1-3H3/t17?,24-/m0/s1. The van der Waals surface area contributed by atoms with Gasteiger partial charge in [-0.2, -0.15) is 0 Å². The van der Waals surface area contributed by atoms with Crippen LogP contribution in [0.25, 0.3) is 0 Å².